The third kappa shape index (κ3) is 4.23. The Morgan fingerprint density at radius 3 is 2.64 bits per heavy atom. The van der Waals surface area contributed by atoms with E-state index in [9.17, 15) is 23.3 Å². The summed E-state index contributed by atoms with van der Waals surface area (Å²) in [5.74, 6) is 0.396. The molecule has 1 aromatic carbocycles. The van der Waals surface area contributed by atoms with Crippen LogP contribution in [0.3, 0.4) is 0 Å². The number of imidazole rings is 1. The van der Waals surface area contributed by atoms with Gasteiger partial charge in [-0.05, 0) is 99.2 Å². The fourth-order valence-electron chi connectivity index (χ4n) is 7.26. The largest absolute Gasteiger partial charge is 0.345 e. The first-order valence-electron chi connectivity index (χ1n) is 14.4. The highest BCUT2D eigenvalue weighted by molar-refractivity contribution is 7.90. The van der Waals surface area contributed by atoms with Gasteiger partial charge in [0.25, 0.3) is 11.8 Å². The van der Waals surface area contributed by atoms with Crippen LogP contribution in [0, 0.1) is 29.6 Å². The van der Waals surface area contributed by atoms with Crippen molar-refractivity contribution in [3.8, 4) is 28.7 Å². The van der Waals surface area contributed by atoms with E-state index in [1.807, 2.05) is 13.0 Å². The summed E-state index contributed by atoms with van der Waals surface area (Å²) in [6.07, 6.45) is 7.90. The highest BCUT2D eigenvalue weighted by Crippen LogP contribution is 2.61. The van der Waals surface area contributed by atoms with E-state index in [0.717, 1.165) is 37.5 Å². The van der Waals surface area contributed by atoms with E-state index >= 15 is 0 Å². The number of aromatic amines is 1. The molecule has 4 fully saturated rings. The molecule has 2 aromatic heterocycles. The lowest BCUT2D eigenvalue weighted by Crippen LogP contribution is -2.55. The molecule has 1 atom stereocenters. The first kappa shape index (κ1) is 26.8. The predicted molar refractivity (Wildman–Crippen MR) is 154 cm³/mol. The van der Waals surface area contributed by atoms with Crippen molar-refractivity contribution in [1.82, 2.24) is 25.2 Å². The first-order chi connectivity index (χ1) is 19.9. The normalized spacial score (nSPS) is 25.1. The molecule has 2 N–H and O–H groups in total. The number of fused-ring (bicyclic) bond motifs is 2. The SMILES string of the molecule is Cc1[nH]c(-c2cc(-c3cc4c(c(S(C)(=O)=O)c3)C(=O)N(C(C)C3CC3)C4)ccn2)nc1C(=O)NC12CCC(C#N)(C1)C2. The second kappa shape index (κ2) is 8.98. The fourth-order valence-corrected chi connectivity index (χ4v) is 8.20. The van der Waals surface area contributed by atoms with Crippen LogP contribution in [0.4, 0.5) is 0 Å². The van der Waals surface area contributed by atoms with Crippen LogP contribution in [0.15, 0.2) is 35.4 Å². The summed E-state index contributed by atoms with van der Waals surface area (Å²) in [7, 11) is -3.68. The molecule has 8 rings (SSSR count). The molecule has 0 spiro atoms. The Kier molecular flexibility index (Phi) is 5.74. The lowest BCUT2D eigenvalue weighted by molar-refractivity contribution is 0.0694. The van der Waals surface area contributed by atoms with Gasteiger partial charge in [0.1, 0.15) is 11.4 Å². The molecule has 11 heteroatoms. The third-order valence-electron chi connectivity index (χ3n) is 9.68. The number of nitriles is 1. The van der Waals surface area contributed by atoms with Crippen molar-refractivity contribution in [3.63, 3.8) is 0 Å². The summed E-state index contributed by atoms with van der Waals surface area (Å²) >= 11 is 0. The molecule has 1 unspecified atom stereocenters. The van der Waals surface area contributed by atoms with Crippen LogP contribution < -0.4 is 5.32 Å². The van der Waals surface area contributed by atoms with Gasteiger partial charge < -0.3 is 15.2 Å². The van der Waals surface area contributed by atoms with Crippen molar-refractivity contribution in [3.05, 3.63) is 53.0 Å². The van der Waals surface area contributed by atoms with Gasteiger partial charge in [-0.3, -0.25) is 14.6 Å². The second-order valence-electron chi connectivity index (χ2n) is 12.8. The van der Waals surface area contributed by atoms with Gasteiger partial charge in [-0.1, -0.05) is 0 Å². The van der Waals surface area contributed by atoms with Crippen LogP contribution >= 0.6 is 0 Å². The van der Waals surface area contributed by atoms with E-state index in [1.54, 1.807) is 36.2 Å². The maximum atomic E-state index is 13.4. The maximum Gasteiger partial charge on any atom is 0.272 e. The molecule has 4 aliphatic carbocycles. The van der Waals surface area contributed by atoms with Crippen molar-refractivity contribution in [2.75, 3.05) is 6.26 Å². The average molecular weight is 585 g/mol. The molecule has 5 aliphatic rings. The molecule has 0 radical (unpaired) electrons. The minimum absolute atomic E-state index is 0.0411. The molecule has 1 aliphatic heterocycles. The molecule has 2 amide bonds. The Labute approximate surface area is 244 Å². The summed E-state index contributed by atoms with van der Waals surface area (Å²) in [5, 5.41) is 12.6. The number of sulfone groups is 1. The van der Waals surface area contributed by atoms with E-state index in [4.69, 9.17) is 0 Å². The molecular formula is C31H32N6O4S. The lowest BCUT2D eigenvalue weighted by Gasteiger charge is -2.43. The standard InChI is InChI=1S/C31H32N6O4S/c1-17-26(28(38)36-31-8-7-30(14-31,15-31)16-32)35-27(34-17)23-11-20(6-9-33-23)21-10-22-13-37(18(2)19-4-5-19)29(39)25(22)24(12-21)42(3,40)41/h6,9-12,18-19H,4-5,7-8,13-15H2,1-3H3,(H,34,35)(H,36,38). The maximum absolute atomic E-state index is 13.4. The molecular weight excluding hydrogens is 552 g/mol. The number of pyridine rings is 1. The number of hydrogen-bond donors (Lipinski definition) is 2. The lowest BCUT2D eigenvalue weighted by atomic mass is 9.66. The number of carbonyl (C=O) groups is 2. The number of benzene rings is 1. The smallest absolute Gasteiger partial charge is 0.272 e. The third-order valence-corrected chi connectivity index (χ3v) is 10.8. The molecule has 216 valence electrons. The summed E-state index contributed by atoms with van der Waals surface area (Å²) in [5.41, 5.74) is 3.15. The molecule has 4 saturated carbocycles. The van der Waals surface area contributed by atoms with Crippen LogP contribution in [-0.4, -0.2) is 57.9 Å². The number of aromatic nitrogens is 3. The number of carbonyl (C=O) groups excluding carboxylic acids is 2. The van der Waals surface area contributed by atoms with E-state index in [2.05, 4.69) is 26.3 Å². The summed E-state index contributed by atoms with van der Waals surface area (Å²) in [4.78, 5) is 40.6. The first-order valence-corrected chi connectivity index (χ1v) is 16.3. The number of rotatable bonds is 7. The quantitative estimate of drug-likeness (QED) is 0.423. The highest BCUT2D eigenvalue weighted by atomic mass is 32.2. The molecule has 2 bridgehead atoms. The Morgan fingerprint density at radius 1 is 1.21 bits per heavy atom. The number of amides is 2. The van der Waals surface area contributed by atoms with Gasteiger partial charge in [-0.15, -0.1) is 0 Å². The van der Waals surface area contributed by atoms with Crippen molar-refractivity contribution in [2.45, 2.75) is 75.4 Å². The number of hydrogen-bond acceptors (Lipinski definition) is 7. The summed E-state index contributed by atoms with van der Waals surface area (Å²) < 4.78 is 25.7. The monoisotopic (exact) mass is 584 g/mol. The van der Waals surface area contributed by atoms with Crippen molar-refractivity contribution < 1.29 is 18.0 Å². The number of H-pyrrole nitrogens is 1. The van der Waals surface area contributed by atoms with Gasteiger partial charge in [0, 0.05) is 36.3 Å². The van der Waals surface area contributed by atoms with Crippen LogP contribution in [0.2, 0.25) is 0 Å². The molecule has 10 nitrogen and oxygen atoms in total. The van der Waals surface area contributed by atoms with E-state index in [1.165, 1.54) is 0 Å². The Morgan fingerprint density at radius 2 is 1.98 bits per heavy atom. The molecule has 3 heterocycles. The van der Waals surface area contributed by atoms with Crippen LogP contribution in [0.5, 0.6) is 0 Å². The Balaban J connectivity index is 1.19. The zero-order chi connectivity index (χ0) is 29.6. The highest BCUT2D eigenvalue weighted by Gasteiger charge is 2.62. The fraction of sp³-hybridized carbons (Fsp3) is 0.452. The average Bonchev–Trinajstić information content (AvgIpc) is 3.33. The molecule has 0 saturated heterocycles. The van der Waals surface area contributed by atoms with Gasteiger partial charge in [0.05, 0.1) is 21.9 Å². The minimum atomic E-state index is -3.68. The van der Waals surface area contributed by atoms with Crippen molar-refractivity contribution >= 4 is 21.7 Å². The van der Waals surface area contributed by atoms with Gasteiger partial charge in [0.15, 0.2) is 15.7 Å². The topological polar surface area (TPSA) is 149 Å². The predicted octanol–water partition coefficient (Wildman–Crippen LogP) is 4.17. The Bertz CT molecular complexity index is 1830. The van der Waals surface area contributed by atoms with Gasteiger partial charge in [-0.25, -0.2) is 13.4 Å². The van der Waals surface area contributed by atoms with Gasteiger partial charge >= 0.3 is 0 Å². The van der Waals surface area contributed by atoms with Gasteiger partial charge in [0.2, 0.25) is 0 Å². The summed E-state index contributed by atoms with van der Waals surface area (Å²) in [6, 6.07) is 9.53. The summed E-state index contributed by atoms with van der Waals surface area (Å²) in [6.45, 7) is 4.20. The van der Waals surface area contributed by atoms with Crippen LogP contribution in [0.25, 0.3) is 22.6 Å². The van der Waals surface area contributed by atoms with Crippen molar-refractivity contribution in [2.24, 2.45) is 11.3 Å². The van der Waals surface area contributed by atoms with Crippen molar-refractivity contribution in [1.29, 1.82) is 5.26 Å². The number of aryl methyl sites for hydroxylation is 1. The van der Waals surface area contributed by atoms with Gasteiger partial charge in [-0.2, -0.15) is 5.26 Å². The number of nitrogens with one attached hydrogen (secondary N) is 2. The second-order valence-corrected chi connectivity index (χ2v) is 14.7. The zero-order valence-electron chi connectivity index (χ0n) is 23.8. The van der Waals surface area contributed by atoms with E-state index in [-0.39, 0.29) is 45.0 Å². The Hall–Kier alpha value is -4.04. The minimum Gasteiger partial charge on any atom is -0.345 e. The molecule has 42 heavy (non-hydrogen) atoms. The molecule has 3 aromatic rings. The van der Waals surface area contributed by atoms with Crippen LogP contribution in [0.1, 0.15) is 77.6 Å². The zero-order valence-corrected chi connectivity index (χ0v) is 24.6. The van der Waals surface area contributed by atoms with Crippen LogP contribution in [-0.2, 0) is 16.4 Å². The van der Waals surface area contributed by atoms with E-state index in [0.29, 0.717) is 53.6 Å². The number of nitrogens with zero attached hydrogens (tertiary/aromatic N) is 4. The van der Waals surface area contributed by atoms with E-state index < -0.39 is 9.84 Å².